The number of hydrogen-bond donors (Lipinski definition) is 0. The van der Waals surface area contributed by atoms with Gasteiger partial charge >= 0.3 is 0 Å². The highest BCUT2D eigenvalue weighted by molar-refractivity contribution is 5.30. The van der Waals surface area contributed by atoms with E-state index in [1.807, 2.05) is 13.8 Å². The molecule has 0 spiro atoms. The van der Waals surface area contributed by atoms with Gasteiger partial charge in [0.15, 0.2) is 0 Å². The fourth-order valence-corrected chi connectivity index (χ4v) is 1.47. The van der Waals surface area contributed by atoms with Crippen LogP contribution < -0.4 is 0 Å². The normalized spacial score (nSPS) is 10.6. The lowest BCUT2D eigenvalue weighted by Gasteiger charge is -2.23. The zero-order valence-corrected chi connectivity index (χ0v) is 21.3. The highest BCUT2D eigenvalue weighted by atomic mass is 14.2. The summed E-state index contributed by atoms with van der Waals surface area (Å²) in [7, 11) is 0. The zero-order chi connectivity index (χ0) is 22.0. The minimum absolute atomic E-state index is 0. The maximum Gasteiger partial charge on any atom is -0.0132 e. The van der Waals surface area contributed by atoms with Gasteiger partial charge < -0.3 is 0 Å². The van der Waals surface area contributed by atoms with Crippen LogP contribution in [0.4, 0.5) is 0 Å². The van der Waals surface area contributed by atoms with E-state index in [1.54, 1.807) is 0 Å². The standard InChI is InChI=1S/C14H22.2C5H12.C2H6.3CH4/c1-13(2,3)11-7-9-12(10-8-11)14(4,5)6;2*1-5(2,3)4;1-2;;;/h7-10H,1-6H3;2*1-4H3;1-2H3;3*1H4. The van der Waals surface area contributed by atoms with Crippen molar-refractivity contribution in [1.29, 1.82) is 0 Å². The van der Waals surface area contributed by atoms with Crippen molar-refractivity contribution in [3.63, 3.8) is 0 Å². The monoisotopic (exact) mass is 413 g/mol. The van der Waals surface area contributed by atoms with Crippen LogP contribution in [0.2, 0.25) is 0 Å². The van der Waals surface area contributed by atoms with Crippen LogP contribution in [0.3, 0.4) is 0 Å². The van der Waals surface area contributed by atoms with Gasteiger partial charge in [-0.2, -0.15) is 0 Å². The molecule has 0 heterocycles. The summed E-state index contributed by atoms with van der Waals surface area (Å²) in [6, 6.07) is 9.00. The first-order valence-corrected chi connectivity index (χ1v) is 10.3. The third-order valence-electron chi connectivity index (χ3n) is 2.62. The summed E-state index contributed by atoms with van der Waals surface area (Å²) in [6.45, 7) is 35.0. The Morgan fingerprint density at radius 3 is 0.552 bits per heavy atom. The topological polar surface area (TPSA) is 0 Å². The molecule has 0 unspecified atom stereocenters. The van der Waals surface area contributed by atoms with Gasteiger partial charge in [-0.25, -0.2) is 0 Å². The van der Waals surface area contributed by atoms with Crippen LogP contribution in [-0.2, 0) is 10.8 Å². The van der Waals surface area contributed by atoms with Gasteiger partial charge in [-0.15, -0.1) is 0 Å². The Morgan fingerprint density at radius 1 is 0.379 bits per heavy atom. The van der Waals surface area contributed by atoms with Crippen LogP contribution in [0.5, 0.6) is 0 Å². The summed E-state index contributed by atoms with van der Waals surface area (Å²) in [4.78, 5) is 0. The lowest BCUT2D eigenvalue weighted by atomic mass is 9.82. The molecule has 0 N–H and O–H groups in total. The van der Waals surface area contributed by atoms with Gasteiger partial charge in [-0.1, -0.05) is 157 Å². The Hall–Kier alpha value is -0.780. The minimum atomic E-state index is 0. The fraction of sp³-hybridized carbons (Fsp3) is 0.793. The smallest absolute Gasteiger partial charge is 0.0132 e. The van der Waals surface area contributed by atoms with Gasteiger partial charge in [-0.05, 0) is 32.8 Å². The lowest BCUT2D eigenvalue weighted by Crippen LogP contribution is -2.14. The van der Waals surface area contributed by atoms with Gasteiger partial charge in [0.2, 0.25) is 0 Å². The van der Waals surface area contributed by atoms with Crippen molar-refractivity contribution >= 4 is 0 Å². The highest BCUT2D eigenvalue weighted by Gasteiger charge is 2.16. The molecule has 0 aromatic heterocycles. The van der Waals surface area contributed by atoms with E-state index in [1.165, 1.54) is 11.1 Å². The molecule has 180 valence electrons. The van der Waals surface area contributed by atoms with Crippen LogP contribution >= 0.6 is 0 Å². The van der Waals surface area contributed by atoms with Gasteiger partial charge in [0.25, 0.3) is 0 Å². The third kappa shape index (κ3) is 38.4. The van der Waals surface area contributed by atoms with E-state index in [0.29, 0.717) is 10.8 Å². The van der Waals surface area contributed by atoms with Gasteiger partial charge in [0, 0.05) is 0 Å². The SMILES string of the molecule is C.C.C.CC.CC(C)(C)C.CC(C)(C)C.CC(C)(C)c1ccc(C(C)(C)C)cc1. The molecule has 0 heteroatoms. The van der Waals surface area contributed by atoms with E-state index in [4.69, 9.17) is 0 Å². The first-order valence-electron chi connectivity index (χ1n) is 10.3. The fourth-order valence-electron chi connectivity index (χ4n) is 1.47. The van der Waals surface area contributed by atoms with Crippen LogP contribution in [0, 0.1) is 10.8 Å². The van der Waals surface area contributed by atoms with Crippen molar-refractivity contribution in [2.75, 3.05) is 0 Å². The summed E-state index contributed by atoms with van der Waals surface area (Å²) >= 11 is 0. The quantitative estimate of drug-likeness (QED) is 0.397. The number of rotatable bonds is 0. The first-order chi connectivity index (χ1) is 11.2. The van der Waals surface area contributed by atoms with E-state index in [0.717, 1.165) is 0 Å². The largest absolute Gasteiger partial charge is 0.0776 e. The van der Waals surface area contributed by atoms with Crippen molar-refractivity contribution in [3.8, 4) is 0 Å². The average Bonchev–Trinajstić information content (AvgIpc) is 2.35. The predicted molar refractivity (Wildman–Crippen MR) is 146 cm³/mol. The second kappa shape index (κ2) is 17.0. The van der Waals surface area contributed by atoms with Crippen LogP contribution in [0.25, 0.3) is 0 Å². The van der Waals surface area contributed by atoms with Gasteiger partial charge in [0.1, 0.15) is 0 Å². The lowest BCUT2D eigenvalue weighted by molar-refractivity contribution is 0.469. The number of benzene rings is 1. The molecule has 0 aliphatic rings. The molecule has 0 atom stereocenters. The predicted octanol–water partition coefficient (Wildman–Crippen LogP) is 11.3. The van der Waals surface area contributed by atoms with E-state index in [2.05, 4.69) is 121 Å². The zero-order valence-electron chi connectivity index (χ0n) is 21.3. The van der Waals surface area contributed by atoms with Gasteiger partial charge in [-0.3, -0.25) is 0 Å². The van der Waals surface area contributed by atoms with E-state index < -0.39 is 0 Å². The Kier molecular flexibility index (Phi) is 24.8. The Bertz CT molecular complexity index is 376. The molecule has 0 aliphatic carbocycles. The van der Waals surface area contributed by atoms with Crippen molar-refractivity contribution in [2.24, 2.45) is 10.8 Å². The average molecular weight is 413 g/mol. The Morgan fingerprint density at radius 2 is 0.483 bits per heavy atom. The Labute approximate surface area is 190 Å². The third-order valence-corrected chi connectivity index (χ3v) is 2.62. The summed E-state index contributed by atoms with van der Waals surface area (Å²) in [5, 5.41) is 0. The Balaban J connectivity index is -0.0000000750. The molecule has 0 radical (unpaired) electrons. The first kappa shape index (κ1) is 42.3. The summed E-state index contributed by atoms with van der Waals surface area (Å²) in [5.74, 6) is 0. The van der Waals surface area contributed by atoms with Crippen molar-refractivity contribution in [3.05, 3.63) is 35.4 Å². The second-order valence-electron chi connectivity index (χ2n) is 12.1. The molecule has 1 aromatic rings. The molecule has 0 saturated heterocycles. The maximum atomic E-state index is 2.25. The molecule has 1 aromatic carbocycles. The van der Waals surface area contributed by atoms with Crippen molar-refractivity contribution in [2.45, 2.75) is 144 Å². The molecular formula is C29H64. The summed E-state index contributed by atoms with van der Waals surface area (Å²) < 4.78 is 0. The van der Waals surface area contributed by atoms with Gasteiger partial charge in [0.05, 0.1) is 0 Å². The highest BCUT2D eigenvalue weighted by Crippen LogP contribution is 2.26. The minimum Gasteiger partial charge on any atom is -0.0776 e. The van der Waals surface area contributed by atoms with E-state index in [-0.39, 0.29) is 33.1 Å². The molecule has 0 bridgehead atoms. The molecule has 0 fully saturated rings. The molecule has 0 aliphatic heterocycles. The van der Waals surface area contributed by atoms with Crippen molar-refractivity contribution in [1.82, 2.24) is 0 Å². The molecule has 29 heavy (non-hydrogen) atoms. The van der Waals surface area contributed by atoms with Crippen LogP contribution in [0.15, 0.2) is 24.3 Å². The maximum absolute atomic E-state index is 2.25. The molecule has 1 rings (SSSR count). The second-order valence-corrected chi connectivity index (χ2v) is 12.1. The molecule has 0 nitrogen and oxygen atoms in total. The van der Waals surface area contributed by atoms with Crippen molar-refractivity contribution < 1.29 is 0 Å². The van der Waals surface area contributed by atoms with E-state index >= 15 is 0 Å². The van der Waals surface area contributed by atoms with E-state index in [9.17, 15) is 0 Å². The van der Waals surface area contributed by atoms with Crippen LogP contribution in [-0.4, -0.2) is 0 Å². The van der Waals surface area contributed by atoms with Crippen LogP contribution in [0.1, 0.15) is 144 Å². The molecule has 0 saturated carbocycles. The summed E-state index contributed by atoms with van der Waals surface area (Å²) in [6.07, 6.45) is 0. The molecular weight excluding hydrogens is 348 g/mol. The number of hydrogen-bond acceptors (Lipinski definition) is 0. The molecule has 0 amide bonds. The summed E-state index contributed by atoms with van der Waals surface area (Å²) in [5.41, 5.74) is 4.34.